The molecule has 0 aliphatic carbocycles. The Hall–Kier alpha value is -1.32. The fraction of sp³-hybridized carbons (Fsp3) is 0.333. The van der Waals surface area contributed by atoms with Crippen molar-refractivity contribution in [3.05, 3.63) is 12.4 Å². The van der Waals surface area contributed by atoms with Crippen LogP contribution in [0.25, 0.3) is 0 Å². The summed E-state index contributed by atoms with van der Waals surface area (Å²) >= 11 is 0. The molecule has 1 aliphatic heterocycles. The first kappa shape index (κ1) is 5.46. The second-order valence-corrected chi connectivity index (χ2v) is 2.26. The first-order chi connectivity index (χ1) is 4.88. The Balaban J connectivity index is 2.51. The van der Waals surface area contributed by atoms with Crippen molar-refractivity contribution in [2.75, 3.05) is 23.9 Å². The summed E-state index contributed by atoms with van der Waals surface area (Å²) in [6.45, 7) is 0.805. The summed E-state index contributed by atoms with van der Waals surface area (Å²) in [5, 5.41) is 3.10. The maximum absolute atomic E-state index is 4.14. The molecular formula is C6H8N4. The molecule has 0 unspecified atom stereocenters. The third-order valence-corrected chi connectivity index (χ3v) is 1.52. The van der Waals surface area contributed by atoms with Gasteiger partial charge < -0.3 is 10.2 Å². The molecule has 0 amide bonds. The van der Waals surface area contributed by atoms with Gasteiger partial charge in [-0.3, -0.25) is 0 Å². The number of hydrogen-bond acceptors (Lipinski definition) is 4. The Kier molecular flexibility index (Phi) is 1.00. The van der Waals surface area contributed by atoms with Gasteiger partial charge in [-0.25, -0.2) is 9.97 Å². The minimum atomic E-state index is 0.805. The quantitative estimate of drug-likeness (QED) is 0.556. The highest BCUT2D eigenvalue weighted by Crippen LogP contribution is 2.22. The van der Waals surface area contributed by atoms with Crippen molar-refractivity contribution < 1.29 is 0 Å². The van der Waals surface area contributed by atoms with Crippen LogP contribution in [0.1, 0.15) is 0 Å². The van der Waals surface area contributed by atoms with E-state index in [1.165, 1.54) is 0 Å². The van der Waals surface area contributed by atoms with Crippen molar-refractivity contribution in [3.63, 3.8) is 0 Å². The molecule has 2 heterocycles. The van der Waals surface area contributed by atoms with Crippen LogP contribution in [0.5, 0.6) is 0 Å². The molecule has 1 aliphatic rings. The van der Waals surface area contributed by atoms with Gasteiger partial charge in [0.1, 0.15) is 0 Å². The van der Waals surface area contributed by atoms with E-state index in [0.29, 0.717) is 0 Å². The van der Waals surface area contributed by atoms with Crippen molar-refractivity contribution >= 4 is 11.6 Å². The average Bonchev–Trinajstić information content (AvgIpc) is 2.34. The molecule has 0 fully saturated rings. The number of aromatic nitrogens is 2. The van der Waals surface area contributed by atoms with Crippen LogP contribution in [0.15, 0.2) is 12.4 Å². The number of fused-ring (bicyclic) bond motifs is 1. The molecule has 0 spiro atoms. The molecule has 10 heavy (non-hydrogen) atoms. The van der Waals surface area contributed by atoms with E-state index >= 15 is 0 Å². The smallest absolute Gasteiger partial charge is 0.172 e. The fourth-order valence-corrected chi connectivity index (χ4v) is 1.00. The highest BCUT2D eigenvalue weighted by Gasteiger charge is 2.15. The average molecular weight is 136 g/mol. The summed E-state index contributed by atoms with van der Waals surface area (Å²) in [4.78, 5) is 10.3. The lowest BCUT2D eigenvalue weighted by molar-refractivity contribution is 1.01. The standard InChI is InChI=1S/C6H8N4/c1-10-4-9-5-6(10)8-3-2-7-5/h2-3H,4H2,1H3,(H,7,9). The van der Waals surface area contributed by atoms with Gasteiger partial charge >= 0.3 is 0 Å². The van der Waals surface area contributed by atoms with Crippen molar-refractivity contribution in [2.45, 2.75) is 0 Å². The molecule has 0 atom stereocenters. The first-order valence-corrected chi connectivity index (χ1v) is 3.14. The molecule has 0 radical (unpaired) electrons. The van der Waals surface area contributed by atoms with Crippen LogP contribution in [0, 0.1) is 0 Å². The lowest BCUT2D eigenvalue weighted by atomic mass is 10.6. The van der Waals surface area contributed by atoms with E-state index in [-0.39, 0.29) is 0 Å². The molecule has 4 heteroatoms. The van der Waals surface area contributed by atoms with E-state index in [0.717, 1.165) is 18.3 Å². The monoisotopic (exact) mass is 136 g/mol. The van der Waals surface area contributed by atoms with Crippen LogP contribution >= 0.6 is 0 Å². The van der Waals surface area contributed by atoms with Gasteiger partial charge in [0, 0.05) is 19.4 Å². The SMILES string of the molecule is CN1CNc2nccnc21. The minimum absolute atomic E-state index is 0.805. The zero-order chi connectivity index (χ0) is 6.97. The number of nitrogens with one attached hydrogen (secondary N) is 1. The predicted molar refractivity (Wildman–Crippen MR) is 38.9 cm³/mol. The lowest BCUT2D eigenvalue weighted by Gasteiger charge is -2.05. The topological polar surface area (TPSA) is 41.0 Å². The summed E-state index contributed by atoms with van der Waals surface area (Å²) in [7, 11) is 1.98. The number of rotatable bonds is 0. The molecule has 1 aromatic heterocycles. The Morgan fingerprint density at radius 2 is 2.30 bits per heavy atom. The largest absolute Gasteiger partial charge is 0.350 e. The third-order valence-electron chi connectivity index (χ3n) is 1.52. The fourth-order valence-electron chi connectivity index (χ4n) is 1.00. The summed E-state index contributed by atoms with van der Waals surface area (Å²) in [6.07, 6.45) is 3.38. The molecule has 52 valence electrons. The summed E-state index contributed by atoms with van der Waals surface area (Å²) in [6, 6.07) is 0. The second-order valence-electron chi connectivity index (χ2n) is 2.26. The second kappa shape index (κ2) is 1.83. The van der Waals surface area contributed by atoms with Crippen LogP contribution in [0.2, 0.25) is 0 Å². The van der Waals surface area contributed by atoms with E-state index < -0.39 is 0 Å². The predicted octanol–water partition coefficient (Wildman–Crippen LogP) is 0.296. The van der Waals surface area contributed by atoms with E-state index in [1.807, 2.05) is 11.9 Å². The van der Waals surface area contributed by atoms with E-state index in [1.54, 1.807) is 12.4 Å². The van der Waals surface area contributed by atoms with Gasteiger partial charge in [0.15, 0.2) is 11.6 Å². The summed E-state index contributed by atoms with van der Waals surface area (Å²) < 4.78 is 0. The van der Waals surface area contributed by atoms with Gasteiger partial charge in [-0.1, -0.05) is 0 Å². The van der Waals surface area contributed by atoms with E-state index in [4.69, 9.17) is 0 Å². The third kappa shape index (κ3) is 0.618. The maximum Gasteiger partial charge on any atom is 0.172 e. The number of hydrogen-bond donors (Lipinski definition) is 1. The van der Waals surface area contributed by atoms with E-state index in [2.05, 4.69) is 15.3 Å². The molecule has 1 aromatic rings. The first-order valence-electron chi connectivity index (χ1n) is 3.14. The van der Waals surface area contributed by atoms with Gasteiger partial charge in [0.05, 0.1) is 6.67 Å². The van der Waals surface area contributed by atoms with Crippen LogP contribution in [0.3, 0.4) is 0 Å². The molecule has 0 bridgehead atoms. The summed E-state index contributed by atoms with van der Waals surface area (Å²) in [5.74, 6) is 1.81. The molecule has 0 aromatic carbocycles. The van der Waals surface area contributed by atoms with Gasteiger partial charge in [-0.05, 0) is 0 Å². The molecule has 0 saturated carbocycles. The zero-order valence-corrected chi connectivity index (χ0v) is 5.70. The lowest BCUT2D eigenvalue weighted by Crippen LogP contribution is -2.16. The Labute approximate surface area is 58.9 Å². The summed E-state index contributed by atoms with van der Waals surface area (Å²) in [5.41, 5.74) is 0. The van der Waals surface area contributed by atoms with Crippen molar-refractivity contribution in [1.29, 1.82) is 0 Å². The molecule has 4 nitrogen and oxygen atoms in total. The van der Waals surface area contributed by atoms with Crippen LogP contribution in [-0.4, -0.2) is 23.7 Å². The number of nitrogens with zero attached hydrogens (tertiary/aromatic N) is 3. The van der Waals surface area contributed by atoms with Gasteiger partial charge in [0.2, 0.25) is 0 Å². The molecular weight excluding hydrogens is 128 g/mol. The van der Waals surface area contributed by atoms with Crippen molar-refractivity contribution in [1.82, 2.24) is 9.97 Å². The van der Waals surface area contributed by atoms with Crippen LogP contribution in [0.4, 0.5) is 11.6 Å². The van der Waals surface area contributed by atoms with E-state index in [9.17, 15) is 0 Å². The molecule has 2 rings (SSSR count). The van der Waals surface area contributed by atoms with Crippen molar-refractivity contribution in [3.8, 4) is 0 Å². The molecule has 0 saturated heterocycles. The highest BCUT2D eigenvalue weighted by molar-refractivity contribution is 5.65. The van der Waals surface area contributed by atoms with Gasteiger partial charge in [0.25, 0.3) is 0 Å². The van der Waals surface area contributed by atoms with Gasteiger partial charge in [-0.2, -0.15) is 0 Å². The molecule has 1 N–H and O–H groups in total. The minimum Gasteiger partial charge on any atom is -0.350 e. The Bertz CT molecular complexity index is 247. The van der Waals surface area contributed by atoms with Gasteiger partial charge in [-0.15, -0.1) is 0 Å². The highest BCUT2D eigenvalue weighted by atomic mass is 15.3. The maximum atomic E-state index is 4.14. The Morgan fingerprint density at radius 3 is 3.10 bits per heavy atom. The zero-order valence-electron chi connectivity index (χ0n) is 5.70. The normalized spacial score (nSPS) is 14.7. The van der Waals surface area contributed by atoms with Crippen LogP contribution in [-0.2, 0) is 0 Å². The van der Waals surface area contributed by atoms with Crippen LogP contribution < -0.4 is 10.2 Å². The Morgan fingerprint density at radius 1 is 1.50 bits per heavy atom. The van der Waals surface area contributed by atoms with Crippen molar-refractivity contribution in [2.24, 2.45) is 0 Å². The number of anilines is 2.